The van der Waals surface area contributed by atoms with Gasteiger partial charge in [0.25, 0.3) is 0 Å². The van der Waals surface area contributed by atoms with E-state index in [0.29, 0.717) is 27.5 Å². The van der Waals surface area contributed by atoms with Crippen LogP contribution in [0.3, 0.4) is 0 Å². The van der Waals surface area contributed by atoms with Gasteiger partial charge in [0, 0.05) is 22.3 Å². The first-order valence-electron chi connectivity index (χ1n) is 8.90. The maximum atomic E-state index is 12.7. The normalized spacial score (nSPS) is 11.1. The maximum Gasteiger partial charge on any atom is 0.347 e. The van der Waals surface area contributed by atoms with Crippen molar-refractivity contribution < 1.29 is 9.15 Å². The SMILES string of the molecule is COc1ccc(Nc2c(C=Nc3ccc(Cl)cc3)c(=O)oc3ccccc23)cc1. The van der Waals surface area contributed by atoms with Gasteiger partial charge in [-0.15, -0.1) is 0 Å². The summed E-state index contributed by atoms with van der Waals surface area (Å²) in [4.78, 5) is 17.1. The second-order valence-electron chi connectivity index (χ2n) is 6.26. The summed E-state index contributed by atoms with van der Waals surface area (Å²) in [5, 5.41) is 4.72. The largest absolute Gasteiger partial charge is 0.497 e. The molecule has 1 N–H and O–H groups in total. The topological polar surface area (TPSA) is 63.8 Å². The number of nitrogens with one attached hydrogen (secondary N) is 1. The Hall–Kier alpha value is -3.57. The highest BCUT2D eigenvalue weighted by molar-refractivity contribution is 6.30. The summed E-state index contributed by atoms with van der Waals surface area (Å²) in [6.45, 7) is 0. The van der Waals surface area contributed by atoms with Crippen molar-refractivity contribution >= 4 is 45.8 Å². The molecule has 6 heteroatoms. The summed E-state index contributed by atoms with van der Waals surface area (Å²) in [6, 6.07) is 21.8. The molecule has 4 aromatic rings. The fraction of sp³-hybridized carbons (Fsp3) is 0.0435. The third kappa shape index (κ3) is 4.15. The number of anilines is 2. The molecule has 0 unspecified atom stereocenters. The third-order valence-electron chi connectivity index (χ3n) is 4.38. The molecule has 144 valence electrons. The highest BCUT2D eigenvalue weighted by Gasteiger charge is 2.13. The van der Waals surface area contributed by atoms with E-state index >= 15 is 0 Å². The number of nitrogens with zero attached hydrogens (tertiary/aromatic N) is 1. The van der Waals surface area contributed by atoms with Crippen molar-refractivity contribution in [2.75, 3.05) is 12.4 Å². The maximum absolute atomic E-state index is 12.7. The van der Waals surface area contributed by atoms with Crippen LogP contribution in [0.1, 0.15) is 5.56 Å². The van der Waals surface area contributed by atoms with E-state index < -0.39 is 5.63 Å². The van der Waals surface area contributed by atoms with Gasteiger partial charge >= 0.3 is 5.63 Å². The Balaban J connectivity index is 1.81. The monoisotopic (exact) mass is 404 g/mol. The average Bonchev–Trinajstić information content (AvgIpc) is 2.75. The van der Waals surface area contributed by atoms with E-state index in [2.05, 4.69) is 10.3 Å². The fourth-order valence-corrected chi connectivity index (χ4v) is 3.03. The number of para-hydroxylation sites is 1. The first-order chi connectivity index (χ1) is 14.1. The van der Waals surface area contributed by atoms with Gasteiger partial charge < -0.3 is 14.5 Å². The highest BCUT2D eigenvalue weighted by Crippen LogP contribution is 2.29. The van der Waals surface area contributed by atoms with Gasteiger partial charge in [-0.05, 0) is 60.7 Å². The minimum atomic E-state index is -0.475. The number of benzene rings is 3. The van der Waals surface area contributed by atoms with Gasteiger partial charge in [0.2, 0.25) is 0 Å². The van der Waals surface area contributed by atoms with Crippen LogP contribution < -0.4 is 15.7 Å². The first-order valence-corrected chi connectivity index (χ1v) is 9.28. The van der Waals surface area contributed by atoms with Gasteiger partial charge in [0.05, 0.1) is 18.5 Å². The van der Waals surface area contributed by atoms with Gasteiger partial charge in [0.1, 0.15) is 16.9 Å². The summed E-state index contributed by atoms with van der Waals surface area (Å²) in [5.41, 5.74) is 2.46. The molecule has 0 bridgehead atoms. The van der Waals surface area contributed by atoms with Crippen LogP contribution in [0.25, 0.3) is 11.0 Å². The lowest BCUT2D eigenvalue weighted by Crippen LogP contribution is -2.11. The molecule has 0 aliphatic heterocycles. The molecule has 0 radical (unpaired) electrons. The lowest BCUT2D eigenvalue weighted by atomic mass is 10.1. The zero-order chi connectivity index (χ0) is 20.2. The molecule has 5 nitrogen and oxygen atoms in total. The van der Waals surface area contributed by atoms with Crippen molar-refractivity contribution in [1.82, 2.24) is 0 Å². The molecule has 4 rings (SSSR count). The summed E-state index contributed by atoms with van der Waals surface area (Å²) in [5.74, 6) is 0.748. The van der Waals surface area contributed by atoms with Gasteiger partial charge in [-0.2, -0.15) is 0 Å². The minimum absolute atomic E-state index is 0.328. The standard InChI is InChI=1S/C23H17ClN2O3/c1-28-18-12-10-17(11-13-18)26-22-19-4-2-3-5-21(19)29-23(27)20(22)14-25-16-8-6-15(24)7-9-16/h2-14,26H,1H3. The van der Waals surface area contributed by atoms with E-state index in [0.717, 1.165) is 16.8 Å². The molecule has 0 aliphatic rings. The molecule has 0 saturated carbocycles. The van der Waals surface area contributed by atoms with Crippen LogP contribution in [-0.4, -0.2) is 13.3 Å². The highest BCUT2D eigenvalue weighted by atomic mass is 35.5. The van der Waals surface area contributed by atoms with Crippen molar-refractivity contribution in [3.63, 3.8) is 0 Å². The molecule has 0 amide bonds. The summed E-state index contributed by atoms with van der Waals surface area (Å²) < 4.78 is 10.7. The van der Waals surface area contributed by atoms with E-state index in [1.807, 2.05) is 42.5 Å². The Bertz CT molecular complexity index is 1230. The number of hydrogen-bond donors (Lipinski definition) is 1. The molecule has 3 aromatic carbocycles. The summed E-state index contributed by atoms with van der Waals surface area (Å²) >= 11 is 5.92. The molecule has 0 atom stereocenters. The van der Waals surface area contributed by atoms with E-state index in [1.165, 1.54) is 6.21 Å². The quantitative estimate of drug-likeness (QED) is 0.330. The van der Waals surface area contributed by atoms with Gasteiger partial charge in [-0.25, -0.2) is 4.79 Å². The van der Waals surface area contributed by atoms with Crippen LogP contribution >= 0.6 is 11.6 Å². The van der Waals surface area contributed by atoms with Gasteiger partial charge in [0.15, 0.2) is 0 Å². The lowest BCUT2D eigenvalue weighted by molar-refractivity contribution is 0.415. The molecular formula is C23H17ClN2O3. The van der Waals surface area contributed by atoms with Crippen LogP contribution in [0.5, 0.6) is 5.75 Å². The van der Waals surface area contributed by atoms with Crippen LogP contribution in [-0.2, 0) is 0 Å². The Morgan fingerprint density at radius 1 is 1.00 bits per heavy atom. The summed E-state index contributed by atoms with van der Waals surface area (Å²) in [6.07, 6.45) is 1.51. The Kier molecular flexibility index (Phi) is 5.31. The van der Waals surface area contributed by atoms with Crippen molar-refractivity contribution in [3.05, 3.63) is 93.8 Å². The van der Waals surface area contributed by atoms with Crippen LogP contribution in [0.2, 0.25) is 5.02 Å². The van der Waals surface area contributed by atoms with E-state index in [-0.39, 0.29) is 0 Å². The molecule has 29 heavy (non-hydrogen) atoms. The molecule has 0 saturated heterocycles. The van der Waals surface area contributed by atoms with Crippen molar-refractivity contribution in [1.29, 1.82) is 0 Å². The van der Waals surface area contributed by atoms with Crippen LogP contribution in [0.4, 0.5) is 17.1 Å². The fourth-order valence-electron chi connectivity index (χ4n) is 2.90. The molecule has 0 fully saturated rings. The van der Waals surface area contributed by atoms with E-state index in [4.69, 9.17) is 20.8 Å². The van der Waals surface area contributed by atoms with Crippen molar-refractivity contribution in [2.45, 2.75) is 0 Å². The Morgan fingerprint density at radius 2 is 1.72 bits per heavy atom. The smallest absolute Gasteiger partial charge is 0.347 e. The molecule has 1 aromatic heterocycles. The number of fused-ring (bicyclic) bond motifs is 1. The Labute approximate surface area is 172 Å². The molecule has 0 spiro atoms. The number of rotatable bonds is 5. The Morgan fingerprint density at radius 3 is 2.45 bits per heavy atom. The van der Waals surface area contributed by atoms with Crippen molar-refractivity contribution in [2.24, 2.45) is 4.99 Å². The first kappa shape index (κ1) is 18.8. The van der Waals surface area contributed by atoms with Gasteiger partial charge in [-0.3, -0.25) is 4.99 Å². The molecule has 1 heterocycles. The average molecular weight is 405 g/mol. The second kappa shape index (κ2) is 8.20. The lowest BCUT2D eigenvalue weighted by Gasteiger charge is -2.12. The van der Waals surface area contributed by atoms with E-state index in [1.54, 1.807) is 37.4 Å². The zero-order valence-corrected chi connectivity index (χ0v) is 16.3. The predicted octanol–water partition coefficient (Wildman–Crippen LogP) is 5.95. The van der Waals surface area contributed by atoms with Crippen LogP contribution in [0.15, 0.2) is 87.0 Å². The molecule has 0 aliphatic carbocycles. The number of halogens is 1. The van der Waals surface area contributed by atoms with Gasteiger partial charge in [-0.1, -0.05) is 23.7 Å². The zero-order valence-electron chi connectivity index (χ0n) is 15.6. The summed E-state index contributed by atoms with van der Waals surface area (Å²) in [7, 11) is 1.61. The number of methoxy groups -OCH3 is 1. The van der Waals surface area contributed by atoms with Crippen LogP contribution in [0, 0.1) is 0 Å². The third-order valence-corrected chi connectivity index (χ3v) is 4.63. The second-order valence-corrected chi connectivity index (χ2v) is 6.70. The number of ether oxygens (including phenoxy) is 1. The van der Waals surface area contributed by atoms with E-state index in [9.17, 15) is 4.79 Å². The predicted molar refractivity (Wildman–Crippen MR) is 117 cm³/mol. The van der Waals surface area contributed by atoms with Crippen molar-refractivity contribution in [3.8, 4) is 5.75 Å². The molecular weight excluding hydrogens is 388 g/mol. The number of aliphatic imine (C=N–C) groups is 1. The minimum Gasteiger partial charge on any atom is -0.497 e. The number of hydrogen-bond acceptors (Lipinski definition) is 5.